The minimum Gasteiger partial charge on any atom is -0.454 e. The number of hydrogen-bond acceptors (Lipinski definition) is 5. The number of rotatable bonds is 2. The molecule has 1 aliphatic rings. The molecule has 0 aromatic rings. The molecule has 1 atom stereocenters. The SMILES string of the molecule is O=C(OCC(F)(F)F)C1COSO1. The smallest absolute Gasteiger partial charge is 0.422 e. The molecule has 1 fully saturated rings. The van der Waals surface area contributed by atoms with Gasteiger partial charge in [-0.05, 0) is 0 Å². The summed E-state index contributed by atoms with van der Waals surface area (Å²) in [5.74, 6) is -1.07. The van der Waals surface area contributed by atoms with Gasteiger partial charge in [0.25, 0.3) is 0 Å². The molecular formula is C5H5F3O4S. The first kappa shape index (κ1) is 10.6. The summed E-state index contributed by atoms with van der Waals surface area (Å²) in [5.41, 5.74) is 0. The van der Waals surface area contributed by atoms with Crippen LogP contribution in [0, 0.1) is 0 Å². The van der Waals surface area contributed by atoms with E-state index in [0.717, 1.165) is 0 Å². The van der Waals surface area contributed by atoms with E-state index >= 15 is 0 Å². The Morgan fingerprint density at radius 1 is 1.62 bits per heavy atom. The monoisotopic (exact) mass is 218 g/mol. The highest BCUT2D eigenvalue weighted by Crippen LogP contribution is 2.21. The zero-order valence-electron chi connectivity index (χ0n) is 6.17. The van der Waals surface area contributed by atoms with Crippen molar-refractivity contribution in [2.24, 2.45) is 0 Å². The fraction of sp³-hybridized carbons (Fsp3) is 0.800. The van der Waals surface area contributed by atoms with Crippen LogP contribution in [0.5, 0.6) is 0 Å². The Morgan fingerprint density at radius 3 is 2.77 bits per heavy atom. The van der Waals surface area contributed by atoms with Gasteiger partial charge >= 0.3 is 12.1 Å². The summed E-state index contributed by atoms with van der Waals surface area (Å²) < 4.78 is 47.6. The maximum absolute atomic E-state index is 11.5. The molecule has 0 aromatic carbocycles. The predicted octanol–water partition coefficient (Wildman–Crippen LogP) is 1.07. The quantitative estimate of drug-likeness (QED) is 0.512. The minimum absolute atomic E-state index is 0.0959. The van der Waals surface area contributed by atoms with Crippen molar-refractivity contribution in [1.82, 2.24) is 0 Å². The Morgan fingerprint density at radius 2 is 2.31 bits per heavy atom. The van der Waals surface area contributed by atoms with Crippen LogP contribution in [0.2, 0.25) is 0 Å². The lowest BCUT2D eigenvalue weighted by molar-refractivity contribution is -0.190. The van der Waals surface area contributed by atoms with Gasteiger partial charge in [-0.2, -0.15) is 13.2 Å². The van der Waals surface area contributed by atoms with Gasteiger partial charge in [-0.3, -0.25) is 8.37 Å². The number of esters is 1. The summed E-state index contributed by atoms with van der Waals surface area (Å²) in [6.07, 6.45) is -5.57. The Kier molecular flexibility index (Phi) is 3.40. The van der Waals surface area contributed by atoms with Crippen LogP contribution in [0.15, 0.2) is 0 Å². The lowest BCUT2D eigenvalue weighted by Crippen LogP contribution is -2.29. The maximum Gasteiger partial charge on any atom is 0.422 e. The molecule has 0 amide bonds. The highest BCUT2D eigenvalue weighted by Gasteiger charge is 2.33. The Hall–Kier alpha value is -0.470. The summed E-state index contributed by atoms with van der Waals surface area (Å²) in [6.45, 7) is -1.70. The summed E-state index contributed by atoms with van der Waals surface area (Å²) in [7, 11) is 0. The number of halogens is 3. The van der Waals surface area contributed by atoms with Gasteiger partial charge in [-0.25, -0.2) is 4.79 Å². The van der Waals surface area contributed by atoms with Crippen molar-refractivity contribution in [2.75, 3.05) is 13.2 Å². The Balaban J connectivity index is 2.25. The first-order chi connectivity index (χ1) is 5.99. The van der Waals surface area contributed by atoms with Crippen molar-refractivity contribution in [3.05, 3.63) is 0 Å². The van der Waals surface area contributed by atoms with Crippen molar-refractivity contribution in [3.8, 4) is 0 Å². The number of hydrogen-bond donors (Lipinski definition) is 0. The lowest BCUT2D eigenvalue weighted by atomic mass is 10.4. The fourth-order valence-corrected chi connectivity index (χ4v) is 1.01. The summed E-state index contributed by atoms with van der Waals surface area (Å²) in [6, 6.07) is 0. The molecule has 0 aromatic heterocycles. The first-order valence-electron chi connectivity index (χ1n) is 3.17. The van der Waals surface area contributed by atoms with Crippen molar-refractivity contribution >= 4 is 18.3 Å². The number of carbonyl (C=O) groups is 1. The van der Waals surface area contributed by atoms with Crippen molar-refractivity contribution in [3.63, 3.8) is 0 Å². The standard InChI is InChI=1S/C5H5F3O4S/c6-5(7,8)2-10-4(9)3-1-11-13-12-3/h3H,1-2H2. The zero-order valence-corrected chi connectivity index (χ0v) is 6.98. The molecule has 0 radical (unpaired) electrons. The van der Waals surface area contributed by atoms with Gasteiger partial charge in [-0.15, -0.1) is 0 Å². The van der Waals surface area contributed by atoms with Gasteiger partial charge in [-0.1, -0.05) is 0 Å². The van der Waals surface area contributed by atoms with E-state index in [1.165, 1.54) is 0 Å². The van der Waals surface area contributed by atoms with Gasteiger partial charge in [0.1, 0.15) is 6.61 Å². The van der Waals surface area contributed by atoms with Gasteiger partial charge < -0.3 is 4.74 Å². The van der Waals surface area contributed by atoms with Crippen LogP contribution >= 0.6 is 12.3 Å². The molecule has 1 rings (SSSR count). The average molecular weight is 218 g/mol. The summed E-state index contributed by atoms with van der Waals surface area (Å²) in [5, 5.41) is 0. The molecule has 1 unspecified atom stereocenters. The molecular weight excluding hydrogens is 213 g/mol. The largest absolute Gasteiger partial charge is 0.454 e. The molecule has 1 saturated heterocycles. The van der Waals surface area contributed by atoms with E-state index in [4.69, 9.17) is 0 Å². The van der Waals surface area contributed by atoms with Gasteiger partial charge in [0.2, 0.25) is 0 Å². The fourth-order valence-electron chi connectivity index (χ4n) is 0.546. The number of ether oxygens (including phenoxy) is 1. The van der Waals surface area contributed by atoms with E-state index in [2.05, 4.69) is 13.1 Å². The molecule has 8 heteroatoms. The van der Waals surface area contributed by atoms with Gasteiger partial charge in [0.05, 0.1) is 0 Å². The Bertz CT molecular complexity index is 189. The second-order valence-corrected chi connectivity index (χ2v) is 2.72. The van der Waals surface area contributed by atoms with E-state index in [1.807, 2.05) is 0 Å². The van der Waals surface area contributed by atoms with Crippen LogP contribution in [0.3, 0.4) is 0 Å². The molecule has 1 aliphatic heterocycles. The van der Waals surface area contributed by atoms with E-state index < -0.39 is 24.9 Å². The molecule has 76 valence electrons. The topological polar surface area (TPSA) is 44.8 Å². The van der Waals surface area contributed by atoms with Crippen molar-refractivity contribution in [1.29, 1.82) is 0 Å². The van der Waals surface area contributed by atoms with Crippen LogP contribution in [0.4, 0.5) is 13.2 Å². The Labute approximate surface area is 75.7 Å². The van der Waals surface area contributed by atoms with Crippen LogP contribution in [-0.2, 0) is 17.9 Å². The highest BCUT2D eigenvalue weighted by molar-refractivity contribution is 7.90. The van der Waals surface area contributed by atoms with Crippen molar-refractivity contribution in [2.45, 2.75) is 12.3 Å². The van der Waals surface area contributed by atoms with Crippen LogP contribution < -0.4 is 0 Å². The third-order valence-corrected chi connectivity index (χ3v) is 1.61. The number of alkyl halides is 3. The summed E-state index contributed by atoms with van der Waals surface area (Å²) >= 11 is 0.562. The lowest BCUT2D eigenvalue weighted by Gasteiger charge is -2.09. The van der Waals surface area contributed by atoms with Crippen molar-refractivity contribution < 1.29 is 31.1 Å². The second kappa shape index (κ2) is 4.16. The van der Waals surface area contributed by atoms with Crippen LogP contribution in [-0.4, -0.2) is 31.5 Å². The molecule has 1 heterocycles. The van der Waals surface area contributed by atoms with Gasteiger partial charge in [0, 0.05) is 0 Å². The van der Waals surface area contributed by atoms with E-state index in [1.54, 1.807) is 0 Å². The second-order valence-electron chi connectivity index (χ2n) is 2.16. The zero-order chi connectivity index (χ0) is 9.90. The minimum atomic E-state index is -4.51. The average Bonchev–Trinajstić information content (AvgIpc) is 2.50. The molecule has 0 spiro atoms. The predicted molar refractivity (Wildman–Crippen MR) is 35.4 cm³/mol. The molecule has 4 nitrogen and oxygen atoms in total. The maximum atomic E-state index is 11.5. The van der Waals surface area contributed by atoms with Crippen LogP contribution in [0.1, 0.15) is 0 Å². The van der Waals surface area contributed by atoms with E-state index in [-0.39, 0.29) is 6.61 Å². The normalized spacial score (nSPS) is 23.2. The number of carbonyl (C=O) groups excluding carboxylic acids is 1. The molecule has 0 saturated carbocycles. The molecule has 13 heavy (non-hydrogen) atoms. The molecule has 0 aliphatic carbocycles. The third kappa shape index (κ3) is 3.83. The molecule has 0 bridgehead atoms. The first-order valence-corrected chi connectivity index (χ1v) is 3.84. The van der Waals surface area contributed by atoms with Crippen LogP contribution in [0.25, 0.3) is 0 Å². The third-order valence-electron chi connectivity index (χ3n) is 1.06. The van der Waals surface area contributed by atoms with E-state index in [0.29, 0.717) is 12.3 Å². The van der Waals surface area contributed by atoms with E-state index in [9.17, 15) is 18.0 Å². The molecule has 0 N–H and O–H groups in total. The van der Waals surface area contributed by atoms with Gasteiger partial charge in [0.15, 0.2) is 25.0 Å². The highest BCUT2D eigenvalue weighted by atomic mass is 32.2. The summed E-state index contributed by atoms with van der Waals surface area (Å²) in [4.78, 5) is 10.8.